The third-order valence-corrected chi connectivity index (χ3v) is 4.29. The lowest BCUT2D eigenvalue weighted by Crippen LogP contribution is -2.46. The van der Waals surface area contributed by atoms with Gasteiger partial charge in [0, 0.05) is 26.4 Å². The molecule has 0 aliphatic heterocycles. The Labute approximate surface area is 92.6 Å². The van der Waals surface area contributed by atoms with Crippen molar-refractivity contribution in [1.29, 1.82) is 0 Å². The second-order valence-corrected chi connectivity index (χ2v) is 5.82. The number of hydrogen-bond donors (Lipinski definition) is 2. The van der Waals surface area contributed by atoms with Crippen LogP contribution in [0.3, 0.4) is 0 Å². The molecule has 0 spiro atoms. The number of nitrogens with one attached hydrogen (secondary N) is 1. The van der Waals surface area contributed by atoms with Crippen LogP contribution in [0.1, 0.15) is 26.2 Å². The largest absolute Gasteiger partial charge is 0.481 e. The van der Waals surface area contributed by atoms with E-state index in [1.165, 1.54) is 0 Å². The minimum atomic E-state index is -1.69. The summed E-state index contributed by atoms with van der Waals surface area (Å²) in [5, 5.41) is 11.7. The van der Waals surface area contributed by atoms with Crippen LogP contribution in [-0.4, -0.2) is 46.8 Å². The maximum atomic E-state index is 10.4. The topological polar surface area (TPSA) is 67.8 Å². The van der Waals surface area contributed by atoms with E-state index < -0.39 is 15.3 Å². The predicted octanol–water partition coefficient (Wildman–Crippen LogP) is 0.272. The van der Waals surface area contributed by atoms with Gasteiger partial charge in [0.05, 0.1) is 6.42 Å². The fourth-order valence-electron chi connectivity index (χ4n) is 1.43. The van der Waals surface area contributed by atoms with E-state index in [2.05, 4.69) is 12.2 Å². The fourth-order valence-corrected chi connectivity index (χ4v) is 3.25. The normalized spacial score (nSPS) is 13.1. The van der Waals surface area contributed by atoms with Gasteiger partial charge >= 0.3 is 15.3 Å². The molecule has 15 heavy (non-hydrogen) atoms. The number of aliphatic carboxylic acids is 1. The first-order chi connectivity index (χ1) is 7.15. The smallest absolute Gasteiger partial charge is 0.338 e. The Kier molecular flexibility index (Phi) is 8.59. The molecular formula is C9H21NO4Si. The lowest BCUT2D eigenvalue weighted by Gasteiger charge is -2.23. The van der Waals surface area contributed by atoms with E-state index >= 15 is 0 Å². The molecule has 1 atom stereocenters. The van der Waals surface area contributed by atoms with E-state index in [1.54, 1.807) is 14.2 Å². The van der Waals surface area contributed by atoms with Gasteiger partial charge in [-0.25, -0.2) is 0 Å². The highest BCUT2D eigenvalue weighted by atomic mass is 28.3. The van der Waals surface area contributed by atoms with Crippen LogP contribution in [0, 0.1) is 0 Å². The molecule has 0 aliphatic carbocycles. The first-order valence-corrected chi connectivity index (χ1v) is 6.77. The Morgan fingerprint density at radius 2 is 2.07 bits per heavy atom. The zero-order valence-corrected chi connectivity index (χ0v) is 10.8. The molecule has 0 aromatic rings. The van der Waals surface area contributed by atoms with Crippen molar-refractivity contribution in [2.45, 2.75) is 31.9 Å². The van der Waals surface area contributed by atoms with Crippen LogP contribution >= 0.6 is 0 Å². The van der Waals surface area contributed by atoms with Gasteiger partial charge < -0.3 is 19.3 Å². The number of carboxylic acid groups (broad SMARTS) is 1. The van der Waals surface area contributed by atoms with Gasteiger partial charge in [-0.3, -0.25) is 4.79 Å². The number of rotatable bonds is 9. The Bertz CT molecular complexity index is 175. The second kappa shape index (κ2) is 8.84. The van der Waals surface area contributed by atoms with Crippen molar-refractivity contribution in [3.8, 4) is 0 Å². The predicted molar refractivity (Wildman–Crippen MR) is 60.1 cm³/mol. The molecule has 0 aromatic heterocycles. The second-order valence-electron chi connectivity index (χ2n) is 3.33. The molecule has 0 fully saturated rings. The molecule has 5 nitrogen and oxygen atoms in total. The van der Waals surface area contributed by atoms with Crippen LogP contribution < -0.4 is 5.32 Å². The first-order valence-electron chi connectivity index (χ1n) is 5.16. The van der Waals surface area contributed by atoms with Gasteiger partial charge in [-0.05, 0) is 6.42 Å². The molecule has 0 saturated heterocycles. The highest BCUT2D eigenvalue weighted by molar-refractivity contribution is 6.46. The Hall–Kier alpha value is -0.433. The van der Waals surface area contributed by atoms with Crippen molar-refractivity contribution in [3.05, 3.63) is 0 Å². The van der Waals surface area contributed by atoms with Crippen molar-refractivity contribution in [1.82, 2.24) is 5.32 Å². The van der Waals surface area contributed by atoms with Crippen LogP contribution in [0.4, 0.5) is 0 Å². The van der Waals surface area contributed by atoms with Crippen LogP contribution in [0.15, 0.2) is 0 Å². The van der Waals surface area contributed by atoms with Gasteiger partial charge in [-0.2, -0.15) is 0 Å². The van der Waals surface area contributed by atoms with Crippen LogP contribution in [0.2, 0.25) is 0 Å². The van der Waals surface area contributed by atoms with E-state index in [0.29, 0.717) is 6.54 Å². The van der Waals surface area contributed by atoms with Crippen LogP contribution in [0.25, 0.3) is 0 Å². The summed E-state index contributed by atoms with van der Waals surface area (Å²) in [5.41, 5.74) is 0.185. The maximum Gasteiger partial charge on any atom is 0.338 e. The molecule has 0 bridgehead atoms. The van der Waals surface area contributed by atoms with Gasteiger partial charge in [0.2, 0.25) is 0 Å². The van der Waals surface area contributed by atoms with Crippen LogP contribution in [0.5, 0.6) is 0 Å². The van der Waals surface area contributed by atoms with Gasteiger partial charge in [0.25, 0.3) is 0 Å². The van der Waals surface area contributed by atoms with Crippen molar-refractivity contribution in [3.63, 3.8) is 0 Å². The Morgan fingerprint density at radius 3 is 2.47 bits per heavy atom. The highest BCUT2D eigenvalue weighted by Crippen LogP contribution is 2.03. The fraction of sp³-hybridized carbons (Fsp3) is 0.889. The molecule has 0 radical (unpaired) electrons. The quantitative estimate of drug-likeness (QED) is 0.562. The minimum absolute atomic E-state index is 0.134. The van der Waals surface area contributed by atoms with Gasteiger partial charge in [-0.15, -0.1) is 0 Å². The van der Waals surface area contributed by atoms with Crippen molar-refractivity contribution in [2.75, 3.05) is 20.8 Å². The molecular weight excluding hydrogens is 214 g/mol. The van der Waals surface area contributed by atoms with E-state index in [9.17, 15) is 4.79 Å². The lowest BCUT2D eigenvalue weighted by atomic mass is 10.3. The van der Waals surface area contributed by atoms with Gasteiger partial charge in [0.15, 0.2) is 0 Å². The Balaban J connectivity index is 3.96. The average molecular weight is 235 g/mol. The summed E-state index contributed by atoms with van der Waals surface area (Å²) < 4.78 is 10.6. The third kappa shape index (κ3) is 6.61. The first kappa shape index (κ1) is 14.6. The summed E-state index contributed by atoms with van der Waals surface area (Å²) >= 11 is 0. The van der Waals surface area contributed by atoms with Crippen molar-refractivity contribution in [2.24, 2.45) is 0 Å². The molecule has 0 aliphatic rings. The molecule has 0 rings (SSSR count). The van der Waals surface area contributed by atoms with E-state index in [0.717, 1.165) is 12.8 Å². The lowest BCUT2D eigenvalue weighted by molar-refractivity contribution is -0.136. The molecule has 1 unspecified atom stereocenters. The molecule has 6 heteroatoms. The summed E-state index contributed by atoms with van der Waals surface area (Å²) in [4.78, 5) is 10.4. The standard InChI is InChI=1S/C9H21NO4Si/c1-4-5-8(15(13-2)14-3)10-7-6-9(11)12/h8,10,15H,4-7H2,1-3H3,(H,11,12). The summed E-state index contributed by atoms with van der Waals surface area (Å²) in [6.07, 6.45) is 2.12. The summed E-state index contributed by atoms with van der Waals surface area (Å²) in [6, 6.07) is 0. The van der Waals surface area contributed by atoms with Crippen molar-refractivity contribution < 1.29 is 18.8 Å². The number of carboxylic acids is 1. The van der Waals surface area contributed by atoms with Crippen molar-refractivity contribution >= 4 is 15.3 Å². The third-order valence-electron chi connectivity index (χ3n) is 2.14. The zero-order chi connectivity index (χ0) is 11.7. The van der Waals surface area contributed by atoms with E-state index in [4.69, 9.17) is 14.0 Å². The molecule has 0 aromatic carbocycles. The summed E-state index contributed by atoms with van der Waals surface area (Å²) in [7, 11) is 1.59. The van der Waals surface area contributed by atoms with Crippen LogP contribution in [-0.2, 0) is 13.6 Å². The molecule has 2 N–H and O–H groups in total. The monoisotopic (exact) mass is 235 g/mol. The average Bonchev–Trinajstić information content (AvgIpc) is 2.19. The number of carbonyl (C=O) groups is 1. The number of hydrogen-bond acceptors (Lipinski definition) is 4. The zero-order valence-electron chi connectivity index (χ0n) is 9.66. The Morgan fingerprint density at radius 1 is 1.47 bits per heavy atom. The summed E-state index contributed by atoms with van der Waals surface area (Å²) in [6.45, 7) is 2.55. The SMILES string of the molecule is CCCC(NCCC(=O)O)[SiH](OC)OC. The highest BCUT2D eigenvalue weighted by Gasteiger charge is 2.22. The molecule has 0 amide bonds. The van der Waals surface area contributed by atoms with E-state index in [1.807, 2.05) is 0 Å². The van der Waals surface area contributed by atoms with Gasteiger partial charge in [0.1, 0.15) is 0 Å². The molecule has 0 heterocycles. The maximum absolute atomic E-state index is 10.4. The molecule has 90 valence electrons. The minimum Gasteiger partial charge on any atom is -0.481 e. The molecule has 0 saturated carbocycles. The van der Waals surface area contributed by atoms with Gasteiger partial charge in [-0.1, -0.05) is 13.3 Å². The summed E-state index contributed by atoms with van der Waals surface area (Å²) in [5.74, 6) is -0.786. The van der Waals surface area contributed by atoms with E-state index in [-0.39, 0.29) is 12.1 Å².